The molecular formula is C25H50N4+2. The van der Waals surface area contributed by atoms with Gasteiger partial charge in [-0.25, -0.2) is 8.97 Å². The number of hydrogen-bond acceptors (Lipinski definition) is 2. The van der Waals surface area contributed by atoms with Crippen molar-refractivity contribution in [2.24, 2.45) is 0 Å². The fourth-order valence-electron chi connectivity index (χ4n) is 8.82. The molecule has 0 radical (unpaired) electrons. The zero-order valence-corrected chi connectivity index (χ0v) is 20.9. The molecule has 3 atom stereocenters. The van der Waals surface area contributed by atoms with E-state index in [1.807, 2.05) is 0 Å². The Morgan fingerprint density at radius 2 is 1.31 bits per heavy atom. The van der Waals surface area contributed by atoms with Crippen molar-refractivity contribution in [3.05, 3.63) is 0 Å². The molecule has 168 valence electrons. The van der Waals surface area contributed by atoms with Crippen molar-refractivity contribution >= 4 is 0 Å². The van der Waals surface area contributed by atoms with E-state index in [4.69, 9.17) is 0 Å². The minimum absolute atomic E-state index is 0.130. The molecule has 4 nitrogen and oxygen atoms in total. The highest BCUT2D eigenvalue weighted by molar-refractivity contribution is 5.05. The van der Waals surface area contributed by atoms with Crippen molar-refractivity contribution in [2.75, 3.05) is 39.3 Å². The van der Waals surface area contributed by atoms with Crippen LogP contribution < -0.4 is 0 Å². The molecule has 0 amide bonds. The maximum atomic E-state index is 3.11. The van der Waals surface area contributed by atoms with Gasteiger partial charge in [0.2, 0.25) is 0 Å². The molecule has 0 aromatic rings. The first-order valence-corrected chi connectivity index (χ1v) is 12.8. The highest BCUT2D eigenvalue weighted by atomic mass is 15.9. The average molecular weight is 407 g/mol. The third kappa shape index (κ3) is 2.52. The topological polar surface area (TPSA) is 6.48 Å². The summed E-state index contributed by atoms with van der Waals surface area (Å²) in [7, 11) is 0. The third-order valence-corrected chi connectivity index (χ3v) is 9.88. The van der Waals surface area contributed by atoms with Gasteiger partial charge in [-0.3, -0.25) is 0 Å². The number of nitrogens with zero attached hydrogens (tertiary/aromatic N) is 4. The lowest BCUT2D eigenvalue weighted by Crippen LogP contribution is -2.85. The quantitative estimate of drug-likeness (QED) is 0.629. The maximum absolute atomic E-state index is 3.11. The largest absolute Gasteiger partial charge is 0.358 e. The highest BCUT2D eigenvalue weighted by Crippen LogP contribution is 2.62. The molecule has 4 rings (SSSR count). The number of quaternary nitrogens is 2. The monoisotopic (exact) mass is 406 g/mol. The minimum atomic E-state index is 0.130. The SMILES string of the molecule is CCC(C)N1CC(C)(C)[N+]2(CCCC2)C12N(C(C)CC)C(C)(C)C[N+]21CCCC1. The van der Waals surface area contributed by atoms with E-state index in [1.54, 1.807) is 0 Å². The van der Waals surface area contributed by atoms with Crippen LogP contribution in [0.4, 0.5) is 0 Å². The predicted molar refractivity (Wildman–Crippen MR) is 122 cm³/mol. The van der Waals surface area contributed by atoms with Gasteiger partial charge in [0.15, 0.2) is 0 Å². The van der Waals surface area contributed by atoms with Crippen molar-refractivity contribution < 1.29 is 8.97 Å². The van der Waals surface area contributed by atoms with E-state index in [0.29, 0.717) is 17.6 Å². The summed E-state index contributed by atoms with van der Waals surface area (Å²) in [6.45, 7) is 28.4. The van der Waals surface area contributed by atoms with Crippen LogP contribution in [0.2, 0.25) is 0 Å². The van der Waals surface area contributed by atoms with Crippen LogP contribution in [-0.2, 0) is 0 Å². The molecule has 0 aromatic carbocycles. The van der Waals surface area contributed by atoms with E-state index < -0.39 is 0 Å². The lowest BCUT2D eigenvalue weighted by Gasteiger charge is -2.60. The van der Waals surface area contributed by atoms with E-state index in [1.165, 1.54) is 86.8 Å². The number of fused-ring (bicyclic) bond motifs is 2. The second-order valence-electron chi connectivity index (χ2n) is 12.3. The van der Waals surface area contributed by atoms with Gasteiger partial charge in [0.05, 0.1) is 38.3 Å². The van der Waals surface area contributed by atoms with Crippen LogP contribution in [0.3, 0.4) is 0 Å². The van der Waals surface area contributed by atoms with Crippen LogP contribution in [0.15, 0.2) is 0 Å². The Labute approximate surface area is 181 Å². The van der Waals surface area contributed by atoms with Crippen molar-refractivity contribution in [3.8, 4) is 0 Å². The molecule has 3 unspecified atom stereocenters. The highest BCUT2D eigenvalue weighted by Gasteiger charge is 2.86. The lowest BCUT2D eigenvalue weighted by molar-refractivity contribution is -1.18. The molecule has 4 saturated heterocycles. The van der Waals surface area contributed by atoms with Crippen molar-refractivity contribution in [1.82, 2.24) is 9.80 Å². The van der Waals surface area contributed by atoms with Crippen LogP contribution in [0, 0.1) is 0 Å². The van der Waals surface area contributed by atoms with Crippen LogP contribution in [0.1, 0.15) is 93.9 Å². The first-order valence-electron chi connectivity index (χ1n) is 12.8. The van der Waals surface area contributed by atoms with Gasteiger partial charge < -0.3 is 0 Å². The molecule has 4 fully saturated rings. The van der Waals surface area contributed by atoms with E-state index in [9.17, 15) is 0 Å². The number of hydrogen-bond donors (Lipinski definition) is 0. The van der Waals surface area contributed by atoms with Gasteiger partial charge in [0.25, 0.3) is 0 Å². The van der Waals surface area contributed by atoms with Crippen LogP contribution in [-0.4, -0.2) is 87.1 Å². The molecule has 0 saturated carbocycles. The van der Waals surface area contributed by atoms with Gasteiger partial charge in [-0.05, 0) is 54.4 Å². The van der Waals surface area contributed by atoms with Gasteiger partial charge >= 0.3 is 5.91 Å². The summed E-state index contributed by atoms with van der Waals surface area (Å²) in [5, 5.41) is 0. The van der Waals surface area contributed by atoms with Gasteiger partial charge in [-0.2, -0.15) is 9.80 Å². The van der Waals surface area contributed by atoms with Crippen molar-refractivity contribution in [3.63, 3.8) is 0 Å². The Morgan fingerprint density at radius 1 is 0.793 bits per heavy atom. The summed E-state index contributed by atoms with van der Waals surface area (Å²) in [6.07, 6.45) is 8.16. The maximum Gasteiger partial charge on any atom is 0.358 e. The second kappa shape index (κ2) is 6.92. The Kier molecular flexibility index (Phi) is 5.26. The Bertz CT molecular complexity index is 614. The smallest absolute Gasteiger partial charge is 0.241 e. The van der Waals surface area contributed by atoms with Gasteiger partial charge in [-0.15, -0.1) is 0 Å². The van der Waals surface area contributed by atoms with Gasteiger partial charge in [0.1, 0.15) is 12.1 Å². The summed E-state index contributed by atoms with van der Waals surface area (Å²) in [5.41, 5.74) is 0.569. The molecule has 0 N–H and O–H groups in total. The Morgan fingerprint density at radius 3 is 1.83 bits per heavy atom. The third-order valence-electron chi connectivity index (χ3n) is 9.88. The molecule has 4 heteroatoms. The van der Waals surface area contributed by atoms with E-state index >= 15 is 0 Å². The molecular weight excluding hydrogens is 356 g/mol. The molecule has 29 heavy (non-hydrogen) atoms. The molecule has 4 heterocycles. The Balaban J connectivity index is 2.05. The van der Waals surface area contributed by atoms with Crippen molar-refractivity contribution in [2.45, 2.75) is 123 Å². The van der Waals surface area contributed by atoms with Gasteiger partial charge in [-0.1, -0.05) is 13.8 Å². The van der Waals surface area contributed by atoms with E-state index in [0.717, 1.165) is 0 Å². The molecule has 4 aliphatic rings. The first-order chi connectivity index (χ1) is 13.6. The summed E-state index contributed by atoms with van der Waals surface area (Å²) < 4.78 is 2.68. The summed E-state index contributed by atoms with van der Waals surface area (Å²) in [4.78, 5) is 6.18. The summed E-state index contributed by atoms with van der Waals surface area (Å²) in [5.74, 6) is 0.130. The molecule has 3 spiro atoms. The summed E-state index contributed by atoms with van der Waals surface area (Å²) in [6, 6.07) is 1.27. The lowest BCUT2D eigenvalue weighted by atomic mass is 9.99. The van der Waals surface area contributed by atoms with Gasteiger partial charge in [0, 0.05) is 37.8 Å². The fourth-order valence-corrected chi connectivity index (χ4v) is 8.82. The van der Waals surface area contributed by atoms with Crippen LogP contribution >= 0.6 is 0 Å². The van der Waals surface area contributed by atoms with Crippen LogP contribution in [0.25, 0.3) is 0 Å². The fraction of sp³-hybridized carbons (Fsp3) is 1.00. The minimum Gasteiger partial charge on any atom is -0.241 e. The van der Waals surface area contributed by atoms with E-state index in [-0.39, 0.29) is 11.4 Å². The van der Waals surface area contributed by atoms with Crippen LogP contribution in [0.5, 0.6) is 0 Å². The molecule has 0 aromatic heterocycles. The number of rotatable bonds is 4. The molecule has 0 aliphatic carbocycles. The Hall–Kier alpha value is -0.160. The average Bonchev–Trinajstić information content (AvgIpc) is 3.39. The second-order valence-corrected chi connectivity index (χ2v) is 12.3. The predicted octanol–water partition coefficient (Wildman–Crippen LogP) is 4.60. The zero-order chi connectivity index (χ0) is 21.3. The first kappa shape index (κ1) is 22.0. The zero-order valence-electron chi connectivity index (χ0n) is 20.9. The molecule has 0 bridgehead atoms. The van der Waals surface area contributed by atoms with E-state index in [2.05, 4.69) is 65.2 Å². The standard InChI is InChI=1S/C25H50N4/c1-9-21(3)26-19-24(7,8)29(17-13-14-18-29)25(26)27(22(4)10-2)23(5,6)20-28(25)15-11-12-16-28/h21-22H,9-20H2,1-8H3/q+2. The molecule has 4 aliphatic heterocycles. The summed E-state index contributed by atoms with van der Waals surface area (Å²) >= 11 is 0. The van der Waals surface area contributed by atoms with Crippen molar-refractivity contribution in [1.29, 1.82) is 0 Å². The normalized spacial score (nSPS) is 37.2.